The summed E-state index contributed by atoms with van der Waals surface area (Å²) in [5.74, 6) is 1.70. The van der Waals surface area contributed by atoms with Gasteiger partial charge in [-0.15, -0.1) is 0 Å². The molecule has 0 spiro atoms. The molecule has 2 rings (SSSR count). The molecule has 1 atom stereocenters. The fourth-order valence-electron chi connectivity index (χ4n) is 2.26. The molecule has 1 saturated carbocycles. The molecule has 18 heavy (non-hydrogen) atoms. The van der Waals surface area contributed by atoms with Crippen molar-refractivity contribution in [2.75, 3.05) is 13.2 Å². The van der Waals surface area contributed by atoms with E-state index in [1.807, 2.05) is 19.1 Å². The number of ether oxygens (including phenoxy) is 1. The highest BCUT2D eigenvalue weighted by molar-refractivity contribution is 5.27. The monoisotopic (exact) mass is 249 g/mol. The zero-order valence-electron chi connectivity index (χ0n) is 11.1. The van der Waals surface area contributed by atoms with E-state index in [0.717, 1.165) is 24.6 Å². The molecule has 0 bridgehead atoms. The Morgan fingerprint density at radius 1 is 1.33 bits per heavy atom. The van der Waals surface area contributed by atoms with Crippen LogP contribution in [0.5, 0.6) is 5.75 Å². The van der Waals surface area contributed by atoms with E-state index in [4.69, 9.17) is 9.84 Å². The molecule has 0 amide bonds. The van der Waals surface area contributed by atoms with Crippen LogP contribution in [-0.4, -0.2) is 24.4 Å². The van der Waals surface area contributed by atoms with E-state index in [9.17, 15) is 0 Å². The predicted octanol–water partition coefficient (Wildman–Crippen LogP) is 2.34. The fourth-order valence-corrected chi connectivity index (χ4v) is 2.26. The van der Waals surface area contributed by atoms with Crippen LogP contribution in [0.2, 0.25) is 0 Å². The highest BCUT2D eigenvalue weighted by Crippen LogP contribution is 2.34. The number of hydrogen-bond acceptors (Lipinski definition) is 3. The first-order chi connectivity index (χ1) is 8.83. The van der Waals surface area contributed by atoms with Crippen molar-refractivity contribution in [2.24, 2.45) is 5.92 Å². The van der Waals surface area contributed by atoms with Crippen molar-refractivity contribution in [3.63, 3.8) is 0 Å². The van der Waals surface area contributed by atoms with Gasteiger partial charge in [-0.3, -0.25) is 0 Å². The minimum atomic E-state index is 0.275. The first kappa shape index (κ1) is 13.4. The molecular formula is C15H23NO2. The Bertz CT molecular complexity index is 346. The van der Waals surface area contributed by atoms with E-state index in [2.05, 4.69) is 17.4 Å². The summed E-state index contributed by atoms with van der Waals surface area (Å²) in [4.78, 5) is 0. The minimum absolute atomic E-state index is 0.275. The van der Waals surface area contributed by atoms with Crippen LogP contribution in [0.1, 0.15) is 31.7 Å². The highest BCUT2D eigenvalue weighted by atomic mass is 16.5. The van der Waals surface area contributed by atoms with Crippen molar-refractivity contribution in [2.45, 2.75) is 38.8 Å². The van der Waals surface area contributed by atoms with Crippen molar-refractivity contribution in [3.8, 4) is 5.75 Å². The van der Waals surface area contributed by atoms with Gasteiger partial charge in [-0.05, 0) is 49.8 Å². The van der Waals surface area contributed by atoms with Gasteiger partial charge in [0.25, 0.3) is 0 Å². The van der Waals surface area contributed by atoms with Crippen LogP contribution in [-0.2, 0) is 6.54 Å². The third kappa shape index (κ3) is 4.00. The Morgan fingerprint density at radius 3 is 2.61 bits per heavy atom. The standard InChI is InChI=1S/C15H23NO2/c1-2-18-14-7-3-12(4-8-14)11-16-15(9-10-17)13-5-6-13/h3-4,7-8,13,15-17H,2,5-6,9-11H2,1H3. The molecule has 3 nitrogen and oxygen atoms in total. The Kier molecular flexibility index (Phi) is 5.02. The van der Waals surface area contributed by atoms with Gasteiger partial charge in [0, 0.05) is 19.2 Å². The first-order valence-corrected chi connectivity index (χ1v) is 6.89. The van der Waals surface area contributed by atoms with Gasteiger partial charge in [-0.25, -0.2) is 0 Å². The molecule has 1 aromatic carbocycles. The van der Waals surface area contributed by atoms with Gasteiger partial charge in [0.15, 0.2) is 0 Å². The normalized spacial score (nSPS) is 16.6. The van der Waals surface area contributed by atoms with Crippen molar-refractivity contribution < 1.29 is 9.84 Å². The lowest BCUT2D eigenvalue weighted by Gasteiger charge is -2.17. The van der Waals surface area contributed by atoms with E-state index in [-0.39, 0.29) is 6.61 Å². The highest BCUT2D eigenvalue weighted by Gasteiger charge is 2.30. The molecule has 1 aromatic rings. The first-order valence-electron chi connectivity index (χ1n) is 6.89. The van der Waals surface area contributed by atoms with E-state index in [1.54, 1.807) is 0 Å². The van der Waals surface area contributed by atoms with Crippen LogP contribution in [0.15, 0.2) is 24.3 Å². The average molecular weight is 249 g/mol. The van der Waals surface area contributed by atoms with Crippen LogP contribution in [0.3, 0.4) is 0 Å². The SMILES string of the molecule is CCOc1ccc(CNC(CCO)C2CC2)cc1. The maximum Gasteiger partial charge on any atom is 0.119 e. The van der Waals surface area contributed by atoms with Gasteiger partial charge in [0.2, 0.25) is 0 Å². The third-order valence-electron chi connectivity index (χ3n) is 3.43. The topological polar surface area (TPSA) is 41.5 Å². The summed E-state index contributed by atoms with van der Waals surface area (Å²) in [5, 5.41) is 12.6. The summed E-state index contributed by atoms with van der Waals surface area (Å²) in [5.41, 5.74) is 1.27. The number of aliphatic hydroxyl groups is 1. The second-order valence-electron chi connectivity index (χ2n) is 4.91. The summed E-state index contributed by atoms with van der Waals surface area (Å²) < 4.78 is 5.42. The van der Waals surface area contributed by atoms with Crippen LogP contribution in [0, 0.1) is 5.92 Å². The van der Waals surface area contributed by atoms with Gasteiger partial charge in [-0.1, -0.05) is 12.1 Å². The maximum absolute atomic E-state index is 9.05. The molecule has 3 heteroatoms. The summed E-state index contributed by atoms with van der Waals surface area (Å²) in [7, 11) is 0. The lowest BCUT2D eigenvalue weighted by atomic mass is 10.1. The lowest BCUT2D eigenvalue weighted by molar-refractivity contribution is 0.255. The Labute approximate surface area is 109 Å². The summed E-state index contributed by atoms with van der Waals surface area (Å²) in [6.45, 7) is 3.84. The second kappa shape index (κ2) is 6.76. The van der Waals surface area contributed by atoms with Gasteiger partial charge >= 0.3 is 0 Å². The third-order valence-corrected chi connectivity index (χ3v) is 3.43. The Balaban J connectivity index is 1.81. The number of nitrogens with one attached hydrogen (secondary N) is 1. The van der Waals surface area contributed by atoms with Crippen LogP contribution in [0.4, 0.5) is 0 Å². The lowest BCUT2D eigenvalue weighted by Crippen LogP contribution is -2.31. The summed E-state index contributed by atoms with van der Waals surface area (Å²) in [6, 6.07) is 8.70. The zero-order chi connectivity index (χ0) is 12.8. The molecule has 0 saturated heterocycles. The van der Waals surface area contributed by atoms with Crippen LogP contribution in [0.25, 0.3) is 0 Å². The number of rotatable bonds is 8. The van der Waals surface area contributed by atoms with Crippen LogP contribution >= 0.6 is 0 Å². The second-order valence-corrected chi connectivity index (χ2v) is 4.91. The smallest absolute Gasteiger partial charge is 0.119 e. The minimum Gasteiger partial charge on any atom is -0.494 e. The number of hydrogen-bond donors (Lipinski definition) is 2. The van der Waals surface area contributed by atoms with Gasteiger partial charge in [0.1, 0.15) is 5.75 Å². The maximum atomic E-state index is 9.05. The van der Waals surface area contributed by atoms with Crippen molar-refractivity contribution in [1.29, 1.82) is 0 Å². The molecule has 0 aliphatic heterocycles. The van der Waals surface area contributed by atoms with Crippen LogP contribution < -0.4 is 10.1 Å². The fraction of sp³-hybridized carbons (Fsp3) is 0.600. The molecule has 0 heterocycles. The number of aliphatic hydroxyl groups excluding tert-OH is 1. The van der Waals surface area contributed by atoms with E-state index in [0.29, 0.717) is 12.6 Å². The van der Waals surface area contributed by atoms with E-state index in [1.165, 1.54) is 18.4 Å². The predicted molar refractivity (Wildman–Crippen MR) is 72.7 cm³/mol. The molecule has 1 fully saturated rings. The van der Waals surface area contributed by atoms with E-state index < -0.39 is 0 Å². The molecule has 0 radical (unpaired) electrons. The Morgan fingerprint density at radius 2 is 2.06 bits per heavy atom. The molecule has 0 aromatic heterocycles. The molecule has 100 valence electrons. The number of benzene rings is 1. The molecule has 2 N–H and O–H groups in total. The summed E-state index contributed by atoms with van der Waals surface area (Å²) in [6.07, 6.45) is 3.48. The molecule has 1 unspecified atom stereocenters. The van der Waals surface area contributed by atoms with Gasteiger partial charge in [-0.2, -0.15) is 0 Å². The van der Waals surface area contributed by atoms with E-state index >= 15 is 0 Å². The molecule has 1 aliphatic carbocycles. The van der Waals surface area contributed by atoms with Crippen molar-refractivity contribution in [1.82, 2.24) is 5.32 Å². The average Bonchev–Trinajstić information content (AvgIpc) is 3.21. The molecule has 1 aliphatic rings. The van der Waals surface area contributed by atoms with Gasteiger partial charge in [0.05, 0.1) is 6.61 Å². The largest absolute Gasteiger partial charge is 0.494 e. The summed E-state index contributed by atoms with van der Waals surface area (Å²) >= 11 is 0. The van der Waals surface area contributed by atoms with Crippen molar-refractivity contribution >= 4 is 0 Å². The Hall–Kier alpha value is -1.06. The van der Waals surface area contributed by atoms with Gasteiger partial charge < -0.3 is 15.2 Å². The quantitative estimate of drug-likeness (QED) is 0.743. The van der Waals surface area contributed by atoms with Crippen molar-refractivity contribution in [3.05, 3.63) is 29.8 Å². The molecular weight excluding hydrogens is 226 g/mol. The zero-order valence-corrected chi connectivity index (χ0v) is 11.1.